The molecule has 0 rings (SSSR count). The minimum Gasteiger partial charge on any atom is -0.392 e. The van der Waals surface area contributed by atoms with E-state index in [-0.39, 0.29) is 6.10 Å². The number of nitrogens with zero attached hydrogens (tertiary/aromatic N) is 1. The third-order valence-corrected chi connectivity index (χ3v) is 3.44. The molecule has 0 saturated carbocycles. The van der Waals surface area contributed by atoms with Crippen molar-refractivity contribution >= 4 is 0 Å². The Labute approximate surface area is 115 Å². The lowest BCUT2D eigenvalue weighted by Crippen LogP contribution is -2.34. The van der Waals surface area contributed by atoms with Crippen LogP contribution in [0.4, 0.5) is 0 Å². The largest absolute Gasteiger partial charge is 0.392 e. The summed E-state index contributed by atoms with van der Waals surface area (Å²) in [6, 6.07) is 0. The fourth-order valence-electron chi connectivity index (χ4n) is 2.21. The first-order valence-corrected chi connectivity index (χ1v) is 8.00. The van der Waals surface area contributed by atoms with Crippen molar-refractivity contribution in [3.63, 3.8) is 0 Å². The predicted molar refractivity (Wildman–Crippen MR) is 81.0 cm³/mol. The maximum atomic E-state index is 10.1. The zero-order valence-corrected chi connectivity index (χ0v) is 13.1. The van der Waals surface area contributed by atoms with Gasteiger partial charge in [-0.3, -0.25) is 0 Å². The van der Waals surface area contributed by atoms with Crippen LogP contribution in [0.2, 0.25) is 0 Å². The van der Waals surface area contributed by atoms with Gasteiger partial charge in [0.05, 0.1) is 6.10 Å². The molecule has 0 aliphatic carbocycles. The summed E-state index contributed by atoms with van der Waals surface area (Å²) in [7, 11) is 0. The van der Waals surface area contributed by atoms with E-state index in [1.54, 1.807) is 0 Å². The average Bonchev–Trinajstić information content (AvgIpc) is 2.32. The second-order valence-electron chi connectivity index (χ2n) is 5.99. The van der Waals surface area contributed by atoms with Crippen molar-refractivity contribution in [1.82, 2.24) is 4.90 Å². The number of aliphatic hydroxyl groups excluding tert-OH is 1. The Hall–Kier alpha value is -0.0800. The van der Waals surface area contributed by atoms with E-state index in [0.717, 1.165) is 38.4 Å². The van der Waals surface area contributed by atoms with Crippen molar-refractivity contribution in [2.24, 2.45) is 5.92 Å². The fourth-order valence-corrected chi connectivity index (χ4v) is 2.21. The Kier molecular flexibility index (Phi) is 11.9. The zero-order valence-electron chi connectivity index (χ0n) is 13.1. The van der Waals surface area contributed by atoms with E-state index in [0.29, 0.717) is 0 Å². The van der Waals surface area contributed by atoms with Crippen LogP contribution in [0.1, 0.15) is 72.6 Å². The van der Waals surface area contributed by atoms with Crippen LogP contribution in [-0.2, 0) is 0 Å². The summed E-state index contributed by atoms with van der Waals surface area (Å²) in [6.07, 6.45) is 8.22. The highest BCUT2D eigenvalue weighted by molar-refractivity contribution is 4.65. The van der Waals surface area contributed by atoms with Gasteiger partial charge in [-0.25, -0.2) is 0 Å². The van der Waals surface area contributed by atoms with E-state index >= 15 is 0 Å². The third-order valence-electron chi connectivity index (χ3n) is 3.44. The standard InChI is InChI=1S/C16H35NO/c1-5-7-12-17(13-8-6-2)14-16(18)11-9-10-15(3)4/h15-16,18H,5-14H2,1-4H3/t16-/m0/s1. The van der Waals surface area contributed by atoms with E-state index in [1.165, 1.54) is 32.1 Å². The summed E-state index contributed by atoms with van der Waals surface area (Å²) in [5.74, 6) is 0.758. The number of unbranched alkanes of at least 4 members (excludes halogenated alkanes) is 2. The molecule has 2 nitrogen and oxygen atoms in total. The van der Waals surface area contributed by atoms with Crippen LogP contribution in [0.3, 0.4) is 0 Å². The molecular formula is C16H35NO. The second kappa shape index (κ2) is 12.0. The summed E-state index contributed by atoms with van der Waals surface area (Å²) in [6.45, 7) is 12.1. The molecule has 0 bridgehead atoms. The molecule has 1 N–H and O–H groups in total. The molecule has 0 unspecified atom stereocenters. The maximum Gasteiger partial charge on any atom is 0.0667 e. The van der Waals surface area contributed by atoms with Gasteiger partial charge in [0.2, 0.25) is 0 Å². The lowest BCUT2D eigenvalue weighted by Gasteiger charge is -2.25. The molecule has 0 amide bonds. The Morgan fingerprint density at radius 1 is 0.889 bits per heavy atom. The molecule has 0 fully saturated rings. The molecule has 18 heavy (non-hydrogen) atoms. The molecular weight excluding hydrogens is 222 g/mol. The van der Waals surface area contributed by atoms with Gasteiger partial charge in [0.1, 0.15) is 0 Å². The van der Waals surface area contributed by atoms with Crippen LogP contribution in [0, 0.1) is 5.92 Å². The molecule has 0 aliphatic rings. The SMILES string of the molecule is CCCCN(CCCC)C[C@@H](O)CCCC(C)C. The first-order chi connectivity index (χ1) is 8.60. The summed E-state index contributed by atoms with van der Waals surface area (Å²) < 4.78 is 0. The van der Waals surface area contributed by atoms with Gasteiger partial charge in [0.15, 0.2) is 0 Å². The highest BCUT2D eigenvalue weighted by Gasteiger charge is 2.11. The first-order valence-electron chi connectivity index (χ1n) is 8.00. The molecule has 0 aromatic heterocycles. The van der Waals surface area contributed by atoms with Crippen LogP contribution >= 0.6 is 0 Å². The average molecular weight is 257 g/mol. The Morgan fingerprint density at radius 3 is 1.89 bits per heavy atom. The van der Waals surface area contributed by atoms with Gasteiger partial charge in [-0.05, 0) is 38.3 Å². The molecule has 0 spiro atoms. The molecule has 0 aromatic carbocycles. The van der Waals surface area contributed by atoms with Crippen LogP contribution in [0.5, 0.6) is 0 Å². The molecule has 1 atom stereocenters. The summed E-state index contributed by atoms with van der Waals surface area (Å²) in [5.41, 5.74) is 0. The van der Waals surface area contributed by atoms with E-state index in [4.69, 9.17) is 0 Å². The van der Waals surface area contributed by atoms with E-state index < -0.39 is 0 Å². The van der Waals surface area contributed by atoms with Crippen LogP contribution in [0.25, 0.3) is 0 Å². The van der Waals surface area contributed by atoms with Crippen molar-refractivity contribution < 1.29 is 5.11 Å². The van der Waals surface area contributed by atoms with Crippen LogP contribution < -0.4 is 0 Å². The zero-order chi connectivity index (χ0) is 13.8. The molecule has 0 aromatic rings. The monoisotopic (exact) mass is 257 g/mol. The Balaban J connectivity index is 3.81. The van der Waals surface area contributed by atoms with E-state index in [9.17, 15) is 5.11 Å². The summed E-state index contributed by atoms with van der Waals surface area (Å²) in [5, 5.41) is 10.1. The number of hydrogen-bond acceptors (Lipinski definition) is 2. The Morgan fingerprint density at radius 2 is 1.44 bits per heavy atom. The fraction of sp³-hybridized carbons (Fsp3) is 1.00. The number of hydrogen-bond donors (Lipinski definition) is 1. The van der Waals surface area contributed by atoms with Gasteiger partial charge >= 0.3 is 0 Å². The van der Waals surface area contributed by atoms with Gasteiger partial charge in [-0.15, -0.1) is 0 Å². The molecule has 110 valence electrons. The highest BCUT2D eigenvalue weighted by Crippen LogP contribution is 2.10. The first kappa shape index (κ1) is 17.9. The van der Waals surface area contributed by atoms with Gasteiger partial charge in [-0.1, -0.05) is 53.4 Å². The Bertz CT molecular complexity index is 162. The summed E-state index contributed by atoms with van der Waals surface area (Å²) in [4.78, 5) is 2.45. The van der Waals surface area contributed by atoms with Gasteiger partial charge < -0.3 is 10.0 Å². The minimum atomic E-state index is -0.127. The topological polar surface area (TPSA) is 23.5 Å². The quantitative estimate of drug-likeness (QED) is 0.569. The smallest absolute Gasteiger partial charge is 0.0667 e. The summed E-state index contributed by atoms with van der Waals surface area (Å²) >= 11 is 0. The molecule has 2 heteroatoms. The van der Waals surface area contributed by atoms with Crippen molar-refractivity contribution in [2.75, 3.05) is 19.6 Å². The van der Waals surface area contributed by atoms with Crippen molar-refractivity contribution in [3.8, 4) is 0 Å². The van der Waals surface area contributed by atoms with Crippen molar-refractivity contribution in [3.05, 3.63) is 0 Å². The normalized spacial score (nSPS) is 13.5. The van der Waals surface area contributed by atoms with Gasteiger partial charge in [-0.2, -0.15) is 0 Å². The van der Waals surface area contributed by atoms with E-state index in [1.807, 2.05) is 0 Å². The van der Waals surface area contributed by atoms with Crippen LogP contribution in [-0.4, -0.2) is 35.7 Å². The third kappa shape index (κ3) is 11.0. The second-order valence-corrected chi connectivity index (χ2v) is 5.99. The molecule has 0 heterocycles. The maximum absolute atomic E-state index is 10.1. The number of rotatable bonds is 12. The molecule has 0 radical (unpaired) electrons. The van der Waals surface area contributed by atoms with Crippen molar-refractivity contribution in [2.45, 2.75) is 78.7 Å². The lowest BCUT2D eigenvalue weighted by atomic mass is 10.0. The molecule has 0 saturated heterocycles. The van der Waals surface area contributed by atoms with Crippen molar-refractivity contribution in [1.29, 1.82) is 0 Å². The van der Waals surface area contributed by atoms with Gasteiger partial charge in [0, 0.05) is 6.54 Å². The van der Waals surface area contributed by atoms with Crippen LogP contribution in [0.15, 0.2) is 0 Å². The van der Waals surface area contributed by atoms with E-state index in [2.05, 4.69) is 32.6 Å². The van der Waals surface area contributed by atoms with Gasteiger partial charge in [0.25, 0.3) is 0 Å². The molecule has 0 aliphatic heterocycles. The lowest BCUT2D eigenvalue weighted by molar-refractivity contribution is 0.100. The highest BCUT2D eigenvalue weighted by atomic mass is 16.3. The minimum absolute atomic E-state index is 0.127. The number of aliphatic hydroxyl groups is 1. The predicted octanol–water partition coefficient (Wildman–Crippen LogP) is 4.08.